The number of fused-ring (bicyclic) bond motifs is 1. The molecule has 1 aromatic heterocycles. The SMILES string of the molecule is Cc1cccc2[nH]c(=O)n(CC(=O)O)c12. The normalized spacial score (nSPS) is 10.7. The molecule has 5 nitrogen and oxygen atoms in total. The summed E-state index contributed by atoms with van der Waals surface area (Å²) in [6, 6.07) is 5.41. The number of hydrogen-bond donors (Lipinski definition) is 2. The van der Waals surface area contributed by atoms with E-state index in [0.717, 1.165) is 5.56 Å². The zero-order chi connectivity index (χ0) is 11.0. The minimum absolute atomic E-state index is 0.316. The molecule has 15 heavy (non-hydrogen) atoms. The summed E-state index contributed by atoms with van der Waals surface area (Å²) >= 11 is 0. The third-order valence-corrected chi connectivity index (χ3v) is 2.29. The van der Waals surface area contributed by atoms with Crippen molar-refractivity contribution in [3.63, 3.8) is 0 Å². The van der Waals surface area contributed by atoms with Crippen LogP contribution in [0.3, 0.4) is 0 Å². The van der Waals surface area contributed by atoms with Gasteiger partial charge in [0, 0.05) is 0 Å². The Morgan fingerprint density at radius 1 is 1.53 bits per heavy atom. The van der Waals surface area contributed by atoms with Gasteiger partial charge in [-0.2, -0.15) is 0 Å². The van der Waals surface area contributed by atoms with Crippen molar-refractivity contribution in [3.8, 4) is 0 Å². The zero-order valence-corrected chi connectivity index (χ0v) is 8.15. The Labute approximate surface area is 85.0 Å². The number of aromatic amines is 1. The van der Waals surface area contributed by atoms with E-state index in [9.17, 15) is 9.59 Å². The summed E-state index contributed by atoms with van der Waals surface area (Å²) in [5.41, 5.74) is 1.82. The van der Waals surface area contributed by atoms with Gasteiger partial charge in [0.2, 0.25) is 0 Å². The number of rotatable bonds is 2. The second kappa shape index (κ2) is 3.27. The predicted molar refractivity (Wildman–Crippen MR) is 54.9 cm³/mol. The van der Waals surface area contributed by atoms with Crippen LogP contribution in [0.4, 0.5) is 0 Å². The van der Waals surface area contributed by atoms with Crippen LogP contribution in [0.2, 0.25) is 0 Å². The molecule has 0 aliphatic rings. The van der Waals surface area contributed by atoms with Crippen LogP contribution in [0.25, 0.3) is 11.0 Å². The maximum Gasteiger partial charge on any atom is 0.327 e. The van der Waals surface area contributed by atoms with Crippen molar-refractivity contribution in [3.05, 3.63) is 34.2 Å². The van der Waals surface area contributed by atoms with Crippen molar-refractivity contribution in [1.29, 1.82) is 0 Å². The van der Waals surface area contributed by atoms with E-state index >= 15 is 0 Å². The van der Waals surface area contributed by atoms with Crippen LogP contribution in [0.15, 0.2) is 23.0 Å². The molecule has 0 atom stereocenters. The van der Waals surface area contributed by atoms with Crippen molar-refractivity contribution >= 4 is 17.0 Å². The molecule has 1 aromatic carbocycles. The largest absolute Gasteiger partial charge is 0.480 e. The Morgan fingerprint density at radius 3 is 2.93 bits per heavy atom. The molecule has 78 valence electrons. The lowest BCUT2D eigenvalue weighted by molar-refractivity contribution is -0.137. The smallest absolute Gasteiger partial charge is 0.327 e. The predicted octanol–water partition coefficient (Wildman–Crippen LogP) is 0.723. The van der Waals surface area contributed by atoms with Crippen LogP contribution in [0.5, 0.6) is 0 Å². The van der Waals surface area contributed by atoms with Gasteiger partial charge in [0.15, 0.2) is 0 Å². The average Bonchev–Trinajstić information content (AvgIpc) is 2.43. The number of carbonyl (C=O) groups is 1. The first kappa shape index (κ1) is 9.51. The highest BCUT2D eigenvalue weighted by Gasteiger charge is 2.10. The molecule has 5 heteroatoms. The van der Waals surface area contributed by atoms with Gasteiger partial charge in [0.25, 0.3) is 0 Å². The Bertz CT molecular complexity index is 580. The summed E-state index contributed by atoms with van der Waals surface area (Å²) in [6.07, 6.45) is 0. The second-order valence-electron chi connectivity index (χ2n) is 3.38. The topological polar surface area (TPSA) is 75.1 Å². The van der Waals surface area contributed by atoms with E-state index in [0.29, 0.717) is 11.0 Å². The molecule has 2 rings (SSSR count). The van der Waals surface area contributed by atoms with Gasteiger partial charge in [-0.15, -0.1) is 0 Å². The minimum Gasteiger partial charge on any atom is -0.480 e. The average molecular weight is 206 g/mol. The highest BCUT2D eigenvalue weighted by molar-refractivity contribution is 5.80. The van der Waals surface area contributed by atoms with Crippen LogP contribution in [-0.2, 0) is 11.3 Å². The molecule has 0 aliphatic heterocycles. The van der Waals surface area contributed by atoms with E-state index in [4.69, 9.17) is 5.11 Å². The summed E-state index contributed by atoms with van der Waals surface area (Å²) in [4.78, 5) is 24.7. The van der Waals surface area contributed by atoms with Gasteiger partial charge in [0.1, 0.15) is 6.54 Å². The maximum atomic E-state index is 11.5. The fourth-order valence-electron chi connectivity index (χ4n) is 1.69. The molecule has 0 aliphatic carbocycles. The molecule has 0 amide bonds. The lowest BCUT2D eigenvalue weighted by atomic mass is 10.2. The number of para-hydroxylation sites is 1. The number of aliphatic carboxylic acids is 1. The lowest BCUT2D eigenvalue weighted by Gasteiger charge is -2.01. The molecule has 0 unspecified atom stereocenters. The number of aromatic nitrogens is 2. The number of nitrogens with zero attached hydrogens (tertiary/aromatic N) is 1. The second-order valence-corrected chi connectivity index (χ2v) is 3.38. The number of aryl methyl sites for hydroxylation is 1. The number of carboxylic acids is 1. The molecule has 1 heterocycles. The van der Waals surface area contributed by atoms with Gasteiger partial charge in [0.05, 0.1) is 11.0 Å². The molecule has 2 N–H and O–H groups in total. The first-order valence-corrected chi connectivity index (χ1v) is 4.49. The highest BCUT2D eigenvalue weighted by Crippen LogP contribution is 2.14. The number of imidazole rings is 1. The molecule has 0 spiro atoms. The van der Waals surface area contributed by atoms with Gasteiger partial charge in [-0.3, -0.25) is 9.36 Å². The van der Waals surface area contributed by atoms with Crippen LogP contribution in [-0.4, -0.2) is 20.6 Å². The van der Waals surface area contributed by atoms with Crippen molar-refractivity contribution < 1.29 is 9.90 Å². The minimum atomic E-state index is -1.03. The molecule has 0 radical (unpaired) electrons. The fraction of sp³-hybridized carbons (Fsp3) is 0.200. The molecule has 0 saturated heterocycles. The standard InChI is InChI=1S/C10H10N2O3/c1-6-3-2-4-7-9(6)12(5-8(13)14)10(15)11-7/h2-4H,5H2,1H3,(H,11,15)(H,13,14). The fourth-order valence-corrected chi connectivity index (χ4v) is 1.69. The zero-order valence-electron chi connectivity index (χ0n) is 8.15. The number of H-pyrrole nitrogens is 1. The molecular formula is C10H10N2O3. The summed E-state index contributed by atoms with van der Waals surface area (Å²) in [6.45, 7) is 1.53. The van der Waals surface area contributed by atoms with Gasteiger partial charge < -0.3 is 10.1 Å². The summed E-state index contributed by atoms with van der Waals surface area (Å²) in [5, 5.41) is 8.69. The number of hydrogen-bond acceptors (Lipinski definition) is 2. The van der Waals surface area contributed by atoms with E-state index in [1.54, 1.807) is 6.07 Å². The van der Waals surface area contributed by atoms with Gasteiger partial charge >= 0.3 is 11.7 Å². The molecule has 2 aromatic rings. The van der Waals surface area contributed by atoms with E-state index in [2.05, 4.69) is 4.98 Å². The quantitative estimate of drug-likeness (QED) is 0.760. The molecule has 0 saturated carbocycles. The van der Waals surface area contributed by atoms with Crippen molar-refractivity contribution in [2.75, 3.05) is 0 Å². The van der Waals surface area contributed by atoms with E-state index in [-0.39, 0.29) is 12.2 Å². The van der Waals surface area contributed by atoms with Crippen LogP contribution in [0, 0.1) is 6.92 Å². The molecule has 0 bridgehead atoms. The van der Waals surface area contributed by atoms with Crippen LogP contribution >= 0.6 is 0 Å². The lowest BCUT2D eigenvalue weighted by Crippen LogP contribution is -2.21. The Morgan fingerprint density at radius 2 is 2.27 bits per heavy atom. The van der Waals surface area contributed by atoms with E-state index < -0.39 is 5.97 Å². The number of nitrogens with one attached hydrogen (secondary N) is 1. The Balaban J connectivity index is 2.76. The maximum absolute atomic E-state index is 11.5. The highest BCUT2D eigenvalue weighted by atomic mass is 16.4. The number of benzene rings is 1. The first-order chi connectivity index (χ1) is 7.09. The third-order valence-electron chi connectivity index (χ3n) is 2.29. The number of carboxylic acid groups (broad SMARTS) is 1. The Hall–Kier alpha value is -2.04. The van der Waals surface area contributed by atoms with E-state index in [1.807, 2.05) is 19.1 Å². The van der Waals surface area contributed by atoms with Crippen molar-refractivity contribution in [2.24, 2.45) is 0 Å². The van der Waals surface area contributed by atoms with E-state index in [1.165, 1.54) is 4.57 Å². The van der Waals surface area contributed by atoms with Gasteiger partial charge in [-0.25, -0.2) is 4.79 Å². The monoisotopic (exact) mass is 206 g/mol. The van der Waals surface area contributed by atoms with Crippen LogP contribution in [0.1, 0.15) is 5.56 Å². The molecular weight excluding hydrogens is 196 g/mol. The summed E-state index contributed by atoms with van der Waals surface area (Å²) in [5.74, 6) is -1.03. The third kappa shape index (κ3) is 1.52. The van der Waals surface area contributed by atoms with Crippen molar-refractivity contribution in [1.82, 2.24) is 9.55 Å². The molecule has 0 fully saturated rings. The van der Waals surface area contributed by atoms with Gasteiger partial charge in [-0.1, -0.05) is 12.1 Å². The summed E-state index contributed by atoms with van der Waals surface area (Å²) in [7, 11) is 0. The van der Waals surface area contributed by atoms with Crippen LogP contribution < -0.4 is 5.69 Å². The Kier molecular flexibility index (Phi) is 2.07. The van der Waals surface area contributed by atoms with Gasteiger partial charge in [-0.05, 0) is 18.6 Å². The summed E-state index contributed by atoms with van der Waals surface area (Å²) < 4.78 is 1.23. The first-order valence-electron chi connectivity index (χ1n) is 4.49. The van der Waals surface area contributed by atoms with Crippen molar-refractivity contribution in [2.45, 2.75) is 13.5 Å².